The van der Waals surface area contributed by atoms with Gasteiger partial charge in [0.25, 0.3) is 0 Å². The number of hydrogen-bond acceptors (Lipinski definition) is 3. The Morgan fingerprint density at radius 2 is 2.12 bits per heavy atom. The quantitative estimate of drug-likeness (QED) is 0.477. The number of nitrogens with zero attached hydrogens (tertiary/aromatic N) is 1. The van der Waals surface area contributed by atoms with Crippen molar-refractivity contribution in [2.45, 2.75) is 36.8 Å². The average molecular weight is 354 g/mol. The minimum atomic E-state index is -0.554. The minimum Gasteiger partial charge on any atom is -0.453 e. The molecule has 1 fully saturated rings. The Labute approximate surface area is 115 Å². The largest absolute Gasteiger partial charge is 0.453 e. The summed E-state index contributed by atoms with van der Waals surface area (Å²) in [6, 6.07) is -0.502. The molecule has 17 heavy (non-hydrogen) atoms. The van der Waals surface area contributed by atoms with Gasteiger partial charge in [-0.1, -0.05) is 36.4 Å². The number of hydrogen-bond donors (Lipinski definition) is 1. The van der Waals surface area contributed by atoms with Crippen LogP contribution >= 0.6 is 22.6 Å². The molecular formula is C11H19IN2O3. The van der Waals surface area contributed by atoms with Crippen LogP contribution in [0.25, 0.3) is 0 Å². The molecule has 0 bridgehead atoms. The highest BCUT2D eigenvalue weighted by molar-refractivity contribution is 14.1. The molecule has 0 aliphatic carbocycles. The first-order valence-electron chi connectivity index (χ1n) is 5.76. The van der Waals surface area contributed by atoms with Gasteiger partial charge in [-0.15, -0.1) is 0 Å². The number of methoxy groups -OCH3 is 1. The van der Waals surface area contributed by atoms with Crippen LogP contribution in [0.15, 0.2) is 0 Å². The molecule has 0 aromatic rings. The molecule has 1 aliphatic rings. The standard InChI is InChI=1S/C11H19IN2O3/c1-7(2)9(13-11(16)17-3)10(15)14-6-4-5-8(14)12/h7-9H,4-6H2,1-3H3,(H,13,16)/t8-,9-/m0/s1. The molecule has 1 N–H and O–H groups in total. The first-order valence-corrected chi connectivity index (χ1v) is 7.01. The third-order valence-electron chi connectivity index (χ3n) is 2.85. The van der Waals surface area contributed by atoms with E-state index in [1.54, 1.807) is 0 Å². The van der Waals surface area contributed by atoms with Gasteiger partial charge in [-0.2, -0.15) is 0 Å². The summed E-state index contributed by atoms with van der Waals surface area (Å²) in [5, 5.41) is 2.61. The molecule has 2 amide bonds. The van der Waals surface area contributed by atoms with Crippen molar-refractivity contribution in [2.24, 2.45) is 5.92 Å². The van der Waals surface area contributed by atoms with Gasteiger partial charge < -0.3 is 15.0 Å². The molecule has 6 heteroatoms. The maximum absolute atomic E-state index is 12.3. The lowest BCUT2D eigenvalue weighted by atomic mass is 10.0. The predicted molar refractivity (Wildman–Crippen MR) is 72.9 cm³/mol. The summed E-state index contributed by atoms with van der Waals surface area (Å²) < 4.78 is 4.78. The molecule has 0 aromatic carbocycles. The van der Waals surface area contributed by atoms with Crippen molar-refractivity contribution in [3.63, 3.8) is 0 Å². The highest BCUT2D eigenvalue weighted by Gasteiger charge is 2.34. The van der Waals surface area contributed by atoms with Crippen molar-refractivity contribution < 1.29 is 14.3 Å². The van der Waals surface area contributed by atoms with Gasteiger partial charge >= 0.3 is 6.09 Å². The molecule has 5 nitrogen and oxygen atoms in total. The number of amides is 2. The van der Waals surface area contributed by atoms with Gasteiger partial charge in [-0.05, 0) is 18.8 Å². The number of carbonyl (C=O) groups excluding carboxylic acids is 2. The zero-order valence-electron chi connectivity index (χ0n) is 10.4. The number of alkyl carbamates (subject to hydrolysis) is 1. The maximum Gasteiger partial charge on any atom is 0.407 e. The highest BCUT2D eigenvalue weighted by Crippen LogP contribution is 2.24. The summed E-state index contributed by atoms with van der Waals surface area (Å²) in [7, 11) is 1.30. The van der Waals surface area contributed by atoms with Crippen LogP contribution in [-0.4, -0.2) is 40.6 Å². The van der Waals surface area contributed by atoms with Crippen LogP contribution < -0.4 is 5.32 Å². The van der Waals surface area contributed by atoms with Crippen LogP contribution in [0.1, 0.15) is 26.7 Å². The second kappa shape index (κ2) is 6.42. The molecule has 98 valence electrons. The van der Waals surface area contributed by atoms with E-state index in [2.05, 4.69) is 32.6 Å². The van der Waals surface area contributed by atoms with Crippen molar-refractivity contribution in [1.29, 1.82) is 0 Å². The summed E-state index contributed by atoms with van der Waals surface area (Å²) in [4.78, 5) is 25.4. The van der Waals surface area contributed by atoms with Gasteiger partial charge in [0.05, 0.1) is 11.2 Å². The van der Waals surface area contributed by atoms with Gasteiger partial charge in [-0.3, -0.25) is 4.79 Å². The van der Waals surface area contributed by atoms with Crippen molar-refractivity contribution in [1.82, 2.24) is 10.2 Å². The van der Waals surface area contributed by atoms with Crippen molar-refractivity contribution in [2.75, 3.05) is 13.7 Å². The zero-order chi connectivity index (χ0) is 13.0. The number of carbonyl (C=O) groups is 2. The summed E-state index contributed by atoms with van der Waals surface area (Å²) in [5.74, 6) is 0.0353. The Morgan fingerprint density at radius 3 is 2.53 bits per heavy atom. The monoisotopic (exact) mass is 354 g/mol. The van der Waals surface area contributed by atoms with E-state index >= 15 is 0 Å². The Morgan fingerprint density at radius 1 is 1.47 bits per heavy atom. The first kappa shape index (κ1) is 14.5. The van der Waals surface area contributed by atoms with Gasteiger partial charge in [0.1, 0.15) is 6.04 Å². The normalized spacial score (nSPS) is 21.5. The second-order valence-electron chi connectivity index (χ2n) is 4.47. The molecule has 1 saturated heterocycles. The van der Waals surface area contributed by atoms with Crippen LogP contribution in [-0.2, 0) is 9.53 Å². The summed E-state index contributed by atoms with van der Waals surface area (Å²) in [6.07, 6.45) is 1.50. The fourth-order valence-electron chi connectivity index (χ4n) is 1.85. The van der Waals surface area contributed by atoms with E-state index < -0.39 is 12.1 Å². The van der Waals surface area contributed by atoms with E-state index in [9.17, 15) is 9.59 Å². The number of alkyl halides is 1. The van der Waals surface area contributed by atoms with Crippen LogP contribution in [0.5, 0.6) is 0 Å². The Hall–Kier alpha value is -0.530. The van der Waals surface area contributed by atoms with E-state index in [0.717, 1.165) is 19.4 Å². The molecule has 0 radical (unpaired) electrons. The minimum absolute atomic E-state index is 0.0118. The third-order valence-corrected chi connectivity index (χ3v) is 4.15. The Balaban J connectivity index is 2.69. The number of ether oxygens (including phenoxy) is 1. The third kappa shape index (κ3) is 3.72. The van der Waals surface area contributed by atoms with E-state index in [0.29, 0.717) is 0 Å². The van der Waals surface area contributed by atoms with Gasteiger partial charge in [0, 0.05) is 6.54 Å². The molecule has 0 spiro atoms. The highest BCUT2D eigenvalue weighted by atomic mass is 127. The van der Waals surface area contributed by atoms with E-state index in [-0.39, 0.29) is 15.9 Å². The Kier molecular flexibility index (Phi) is 5.48. The van der Waals surface area contributed by atoms with Crippen molar-refractivity contribution >= 4 is 34.6 Å². The Bertz CT molecular complexity index is 296. The maximum atomic E-state index is 12.3. The lowest BCUT2D eigenvalue weighted by Gasteiger charge is -2.28. The lowest BCUT2D eigenvalue weighted by molar-refractivity contribution is -0.133. The van der Waals surface area contributed by atoms with E-state index in [4.69, 9.17) is 0 Å². The zero-order valence-corrected chi connectivity index (χ0v) is 12.6. The molecule has 1 rings (SSSR count). The number of halogens is 1. The number of likely N-dealkylation sites (tertiary alicyclic amines) is 1. The lowest BCUT2D eigenvalue weighted by Crippen LogP contribution is -2.51. The van der Waals surface area contributed by atoms with Crippen LogP contribution in [0.2, 0.25) is 0 Å². The van der Waals surface area contributed by atoms with Gasteiger partial charge in [0.15, 0.2) is 0 Å². The van der Waals surface area contributed by atoms with Crippen LogP contribution in [0, 0.1) is 5.92 Å². The number of nitrogens with one attached hydrogen (secondary N) is 1. The molecule has 2 atom stereocenters. The number of rotatable bonds is 3. The average Bonchev–Trinajstić information content (AvgIpc) is 2.70. The molecule has 0 saturated carbocycles. The molecular weight excluding hydrogens is 335 g/mol. The van der Waals surface area contributed by atoms with E-state index in [1.807, 2.05) is 18.7 Å². The topological polar surface area (TPSA) is 58.6 Å². The SMILES string of the molecule is COC(=O)N[C@H](C(=O)N1CCC[C@H]1I)C(C)C. The van der Waals surface area contributed by atoms with Crippen molar-refractivity contribution in [3.8, 4) is 0 Å². The van der Waals surface area contributed by atoms with E-state index in [1.165, 1.54) is 7.11 Å². The summed E-state index contributed by atoms with van der Waals surface area (Å²) >= 11 is 2.27. The molecule has 0 aromatic heterocycles. The first-order chi connectivity index (χ1) is 7.97. The smallest absolute Gasteiger partial charge is 0.407 e. The fraction of sp³-hybridized carbons (Fsp3) is 0.818. The van der Waals surface area contributed by atoms with Crippen LogP contribution in [0.4, 0.5) is 4.79 Å². The predicted octanol–water partition coefficient (Wildman–Crippen LogP) is 1.75. The summed E-state index contributed by atoms with van der Waals surface area (Å²) in [6.45, 7) is 4.60. The van der Waals surface area contributed by atoms with Gasteiger partial charge in [0.2, 0.25) is 5.91 Å². The second-order valence-corrected chi connectivity index (χ2v) is 5.90. The molecule has 1 aliphatic heterocycles. The van der Waals surface area contributed by atoms with Crippen LogP contribution in [0.3, 0.4) is 0 Å². The fourth-order valence-corrected chi connectivity index (χ4v) is 2.85. The van der Waals surface area contributed by atoms with Crippen molar-refractivity contribution in [3.05, 3.63) is 0 Å². The van der Waals surface area contributed by atoms with Gasteiger partial charge in [-0.25, -0.2) is 4.79 Å². The summed E-state index contributed by atoms with van der Waals surface area (Å²) in [5.41, 5.74) is 0. The molecule has 0 unspecified atom stereocenters. The molecule has 1 heterocycles.